The molecule has 0 radical (unpaired) electrons. The highest BCUT2D eigenvalue weighted by atomic mass is 32.2. The maximum absolute atomic E-state index is 13.1. The maximum atomic E-state index is 13.1. The molecule has 1 aromatic carbocycles. The number of amides is 1. The van der Waals surface area contributed by atoms with Crippen molar-refractivity contribution in [2.75, 3.05) is 45.7 Å². The molecule has 1 fully saturated rings. The lowest BCUT2D eigenvalue weighted by Gasteiger charge is -2.31. The van der Waals surface area contributed by atoms with Crippen LogP contribution in [-0.4, -0.2) is 65.7 Å². The van der Waals surface area contributed by atoms with Gasteiger partial charge in [0, 0.05) is 49.7 Å². The first-order valence-electron chi connectivity index (χ1n) is 12.3. The monoisotopic (exact) mass is 594 g/mol. The van der Waals surface area contributed by atoms with Gasteiger partial charge < -0.3 is 15.5 Å². The van der Waals surface area contributed by atoms with Gasteiger partial charge in [-0.05, 0) is 55.3 Å². The first kappa shape index (κ1) is 27.9. The van der Waals surface area contributed by atoms with Crippen molar-refractivity contribution < 1.29 is 26.4 Å². The molecule has 0 unspecified atom stereocenters. The normalized spacial score (nSPS) is 16.1. The van der Waals surface area contributed by atoms with E-state index in [4.69, 9.17) is 0 Å². The van der Waals surface area contributed by atoms with E-state index in [9.17, 15) is 26.4 Å². The molecule has 2 aliphatic rings. The van der Waals surface area contributed by atoms with Gasteiger partial charge in [0.05, 0.1) is 5.69 Å². The van der Waals surface area contributed by atoms with Crippen molar-refractivity contribution in [2.24, 2.45) is 5.92 Å². The number of aromatic nitrogens is 4. The fourth-order valence-corrected chi connectivity index (χ4v) is 6.04. The summed E-state index contributed by atoms with van der Waals surface area (Å²) < 4.78 is 63.4. The first-order valence-corrected chi connectivity index (χ1v) is 15.0. The summed E-state index contributed by atoms with van der Waals surface area (Å²) in [6.45, 7) is 1.00. The Bertz CT molecular complexity index is 1500. The highest BCUT2D eigenvalue weighted by molar-refractivity contribution is 7.98. The van der Waals surface area contributed by atoms with E-state index in [-0.39, 0.29) is 30.5 Å². The van der Waals surface area contributed by atoms with Gasteiger partial charge in [-0.25, -0.2) is 19.9 Å². The van der Waals surface area contributed by atoms with E-state index in [1.807, 2.05) is 4.90 Å². The third kappa shape index (κ3) is 5.77. The molecule has 1 amide bonds. The van der Waals surface area contributed by atoms with Gasteiger partial charge in [0.25, 0.3) is 0 Å². The lowest BCUT2D eigenvalue weighted by molar-refractivity contribution is -0.120. The molecule has 11 nitrogen and oxygen atoms in total. The first-order chi connectivity index (χ1) is 19.0. The van der Waals surface area contributed by atoms with E-state index in [1.54, 1.807) is 36.8 Å². The number of rotatable bonds is 7. The van der Waals surface area contributed by atoms with Crippen LogP contribution < -0.4 is 19.8 Å². The number of alkyl halides is 3. The number of hydrogen-bond acceptors (Lipinski definition) is 10. The molecule has 3 aromatic rings. The smallest absolute Gasteiger partial charge is 0.341 e. The molecule has 212 valence electrons. The number of carbonyl (C=O) groups is 1. The summed E-state index contributed by atoms with van der Waals surface area (Å²) in [4.78, 5) is 32.3. The van der Waals surface area contributed by atoms with Crippen LogP contribution in [0.15, 0.2) is 47.9 Å². The number of hydrogen-bond donors (Lipinski definition) is 2. The van der Waals surface area contributed by atoms with Crippen molar-refractivity contribution in [3.8, 4) is 0 Å². The van der Waals surface area contributed by atoms with Crippen LogP contribution in [0.2, 0.25) is 0 Å². The predicted octanol–water partition coefficient (Wildman–Crippen LogP) is 3.80. The second-order valence-electron chi connectivity index (χ2n) is 9.17. The summed E-state index contributed by atoms with van der Waals surface area (Å²) in [5.74, 6) is 0.942. The van der Waals surface area contributed by atoms with Crippen molar-refractivity contribution in [3.05, 3.63) is 48.3 Å². The molecule has 0 aliphatic carbocycles. The molecule has 4 heterocycles. The zero-order valence-electron chi connectivity index (χ0n) is 21.2. The van der Waals surface area contributed by atoms with E-state index in [2.05, 4.69) is 30.6 Å². The van der Waals surface area contributed by atoms with Gasteiger partial charge >= 0.3 is 15.5 Å². The summed E-state index contributed by atoms with van der Waals surface area (Å²) in [5, 5.41) is 6.36. The van der Waals surface area contributed by atoms with Gasteiger partial charge in [0.15, 0.2) is 5.16 Å². The summed E-state index contributed by atoms with van der Waals surface area (Å²) >= 11 is 1.28. The number of nitrogens with one attached hydrogen (secondary N) is 2. The van der Waals surface area contributed by atoms with Crippen molar-refractivity contribution in [1.82, 2.24) is 19.9 Å². The molecule has 1 saturated heterocycles. The number of thioether (sulfide) groups is 1. The van der Waals surface area contributed by atoms with Gasteiger partial charge in [-0.2, -0.15) is 21.6 Å². The molecule has 0 atom stereocenters. The zero-order valence-corrected chi connectivity index (χ0v) is 22.9. The molecule has 0 saturated carbocycles. The molecule has 2 N–H and O–H groups in total. The van der Waals surface area contributed by atoms with Gasteiger partial charge in [0.1, 0.15) is 11.6 Å². The van der Waals surface area contributed by atoms with Crippen LogP contribution >= 0.6 is 11.8 Å². The molecule has 16 heteroatoms. The average Bonchev–Trinajstić information content (AvgIpc) is 3.37. The topological polar surface area (TPSA) is 133 Å². The quantitative estimate of drug-likeness (QED) is 0.307. The molecule has 2 aromatic heterocycles. The molecule has 0 spiro atoms. The second kappa shape index (κ2) is 11.1. The van der Waals surface area contributed by atoms with E-state index in [0.717, 1.165) is 0 Å². The Hall–Kier alpha value is -3.66. The standard InChI is InChI=1S/C24H25F3N8O3S2/c1-39-23-32-19(30-17-3-4-18-16(13-17)7-12-35(18)40(37,38)24(25,26)27)14-20(33-23)31-21(36)15-5-10-34(11-6-15)22-28-8-2-9-29-22/h2-4,8-9,13-15H,5-7,10-12H2,1H3,(H2,30,31,32,33,36). The Labute approximate surface area is 232 Å². The number of fused-ring (bicyclic) bond motifs is 1. The van der Waals surface area contributed by atoms with Crippen molar-refractivity contribution >= 4 is 56.7 Å². The van der Waals surface area contributed by atoms with Crippen LogP contribution in [0.5, 0.6) is 0 Å². The number of halogens is 3. The van der Waals surface area contributed by atoms with Crippen LogP contribution in [0.1, 0.15) is 18.4 Å². The van der Waals surface area contributed by atoms with Crippen molar-refractivity contribution in [1.29, 1.82) is 0 Å². The average molecular weight is 595 g/mol. The Balaban J connectivity index is 1.26. The number of piperidine rings is 1. The van der Waals surface area contributed by atoms with Gasteiger partial charge in [-0.3, -0.25) is 9.10 Å². The minimum absolute atomic E-state index is 0.00630. The van der Waals surface area contributed by atoms with E-state index >= 15 is 0 Å². The largest absolute Gasteiger partial charge is 0.516 e. The number of nitrogens with zero attached hydrogens (tertiary/aromatic N) is 6. The molecule has 0 bridgehead atoms. The molecule has 5 rings (SSSR count). The molecule has 40 heavy (non-hydrogen) atoms. The fourth-order valence-electron chi connectivity index (χ4n) is 4.64. The van der Waals surface area contributed by atoms with Crippen LogP contribution in [0.3, 0.4) is 0 Å². The third-order valence-electron chi connectivity index (χ3n) is 6.63. The minimum Gasteiger partial charge on any atom is -0.341 e. The van der Waals surface area contributed by atoms with Gasteiger partial charge in [0.2, 0.25) is 11.9 Å². The summed E-state index contributed by atoms with van der Waals surface area (Å²) in [6, 6.07) is 7.72. The van der Waals surface area contributed by atoms with Crippen LogP contribution in [0.25, 0.3) is 0 Å². The second-order valence-corrected chi connectivity index (χ2v) is 11.8. The van der Waals surface area contributed by atoms with Crippen molar-refractivity contribution in [3.63, 3.8) is 0 Å². The van der Waals surface area contributed by atoms with Crippen LogP contribution in [-0.2, 0) is 21.2 Å². The summed E-state index contributed by atoms with van der Waals surface area (Å²) in [7, 11) is -5.47. The lowest BCUT2D eigenvalue weighted by Crippen LogP contribution is -2.39. The van der Waals surface area contributed by atoms with Crippen LogP contribution in [0.4, 0.5) is 42.1 Å². The predicted molar refractivity (Wildman–Crippen MR) is 145 cm³/mol. The number of sulfonamides is 1. The van der Waals surface area contributed by atoms with Crippen LogP contribution in [0, 0.1) is 5.92 Å². The van der Waals surface area contributed by atoms with E-state index in [1.165, 1.54) is 23.9 Å². The van der Waals surface area contributed by atoms with Crippen molar-refractivity contribution in [2.45, 2.75) is 29.9 Å². The third-order valence-corrected chi connectivity index (χ3v) is 8.72. The summed E-state index contributed by atoms with van der Waals surface area (Å²) in [6.07, 6.45) is 6.55. The Morgan fingerprint density at radius 1 is 1.05 bits per heavy atom. The molecular formula is C24H25F3N8O3S2. The fraction of sp³-hybridized carbons (Fsp3) is 0.375. The van der Waals surface area contributed by atoms with Gasteiger partial charge in [-0.15, -0.1) is 0 Å². The Kier molecular flexibility index (Phi) is 7.72. The number of carbonyl (C=O) groups excluding carboxylic acids is 1. The number of anilines is 5. The van der Waals surface area contributed by atoms with E-state index < -0.39 is 15.5 Å². The molecule has 2 aliphatic heterocycles. The lowest BCUT2D eigenvalue weighted by atomic mass is 9.96. The maximum Gasteiger partial charge on any atom is 0.516 e. The summed E-state index contributed by atoms with van der Waals surface area (Å²) in [5.41, 5.74) is -4.43. The Morgan fingerprint density at radius 2 is 1.75 bits per heavy atom. The van der Waals surface area contributed by atoms with E-state index in [0.29, 0.717) is 64.2 Å². The zero-order chi connectivity index (χ0) is 28.5. The highest BCUT2D eigenvalue weighted by Crippen LogP contribution is 2.38. The Morgan fingerprint density at radius 3 is 2.42 bits per heavy atom. The SMILES string of the molecule is CSc1nc(NC(=O)C2CCN(c3ncccn3)CC2)cc(Nc2ccc3c(c2)CCN3S(=O)(=O)C(F)(F)F)n1. The highest BCUT2D eigenvalue weighted by Gasteiger charge is 2.51. The molecular weight excluding hydrogens is 569 g/mol. The minimum atomic E-state index is -5.47. The van der Waals surface area contributed by atoms with Gasteiger partial charge in [-0.1, -0.05) is 11.8 Å². The number of benzene rings is 1.